The van der Waals surface area contributed by atoms with Gasteiger partial charge in [-0.3, -0.25) is 0 Å². The lowest BCUT2D eigenvalue weighted by atomic mass is 10.1. The van der Waals surface area contributed by atoms with Crippen LogP contribution in [0.1, 0.15) is 24.0 Å². The maximum absolute atomic E-state index is 5.23. The smallest absolute Gasteiger partial charge is 0.260 e. The molecule has 0 aliphatic heterocycles. The molecule has 2 aromatic rings. The van der Waals surface area contributed by atoms with Crippen LogP contribution in [0.15, 0.2) is 45.2 Å². The van der Waals surface area contributed by atoms with Gasteiger partial charge in [-0.15, -0.1) is 0 Å². The van der Waals surface area contributed by atoms with Gasteiger partial charge in [0.2, 0.25) is 0 Å². The molecule has 0 radical (unpaired) electrons. The topological polar surface area (TPSA) is 38.1 Å². The molecule has 0 bridgehead atoms. The molecule has 0 amide bonds. The van der Waals surface area contributed by atoms with Gasteiger partial charge < -0.3 is 9.73 Å². The van der Waals surface area contributed by atoms with E-state index in [2.05, 4.69) is 35.4 Å². The van der Waals surface area contributed by atoms with Gasteiger partial charge in [-0.25, -0.2) is 4.98 Å². The molecule has 3 rings (SSSR count). The highest BCUT2D eigenvalue weighted by atomic mass is 32.2. The lowest BCUT2D eigenvalue weighted by molar-refractivity contribution is 0.454. The van der Waals surface area contributed by atoms with Crippen molar-refractivity contribution < 1.29 is 4.42 Å². The van der Waals surface area contributed by atoms with Crippen molar-refractivity contribution in [3.05, 3.63) is 41.8 Å². The summed E-state index contributed by atoms with van der Waals surface area (Å²) in [6.07, 6.45) is 5.93. The highest BCUT2D eigenvalue weighted by Gasteiger charge is 2.20. The van der Waals surface area contributed by atoms with Crippen LogP contribution >= 0.6 is 11.8 Å². The number of nitrogens with one attached hydrogen (secondary N) is 1. The molecule has 1 heterocycles. The van der Waals surface area contributed by atoms with Crippen LogP contribution in [0.3, 0.4) is 0 Å². The summed E-state index contributed by atoms with van der Waals surface area (Å²) < 4.78 is 5.23. The van der Waals surface area contributed by atoms with Crippen LogP contribution < -0.4 is 5.32 Å². The van der Waals surface area contributed by atoms with Gasteiger partial charge in [-0.1, -0.05) is 6.07 Å². The molecule has 0 unspecified atom stereocenters. The zero-order valence-corrected chi connectivity index (χ0v) is 11.2. The SMILES string of the molecule is Cc1cc(Sc2ncco2)ccc1CNC1CC1. The van der Waals surface area contributed by atoms with Gasteiger partial charge in [0.1, 0.15) is 6.26 Å². The van der Waals surface area contributed by atoms with Crippen LogP contribution in [0.4, 0.5) is 0 Å². The first-order valence-electron chi connectivity index (χ1n) is 6.21. The summed E-state index contributed by atoms with van der Waals surface area (Å²) in [5, 5.41) is 4.23. The van der Waals surface area contributed by atoms with Crippen molar-refractivity contribution in [2.24, 2.45) is 0 Å². The number of oxazole rings is 1. The third-order valence-electron chi connectivity index (χ3n) is 3.09. The van der Waals surface area contributed by atoms with E-state index in [1.54, 1.807) is 24.2 Å². The first kappa shape index (κ1) is 11.8. The average Bonchev–Trinajstić information content (AvgIpc) is 3.05. The monoisotopic (exact) mass is 260 g/mol. The molecular weight excluding hydrogens is 244 g/mol. The number of rotatable bonds is 5. The van der Waals surface area contributed by atoms with E-state index in [0.29, 0.717) is 5.22 Å². The predicted octanol–water partition coefficient (Wildman–Crippen LogP) is 3.39. The summed E-state index contributed by atoms with van der Waals surface area (Å²) in [6, 6.07) is 7.27. The van der Waals surface area contributed by atoms with Crippen molar-refractivity contribution in [2.75, 3.05) is 0 Å². The lowest BCUT2D eigenvalue weighted by Crippen LogP contribution is -2.15. The van der Waals surface area contributed by atoms with Crippen LogP contribution in [0.2, 0.25) is 0 Å². The van der Waals surface area contributed by atoms with Crippen molar-refractivity contribution in [2.45, 2.75) is 42.5 Å². The maximum Gasteiger partial charge on any atom is 0.260 e. The highest BCUT2D eigenvalue weighted by molar-refractivity contribution is 7.99. The first-order chi connectivity index (χ1) is 8.81. The number of aryl methyl sites for hydroxylation is 1. The van der Waals surface area contributed by atoms with Gasteiger partial charge in [0.25, 0.3) is 5.22 Å². The van der Waals surface area contributed by atoms with E-state index >= 15 is 0 Å². The van der Waals surface area contributed by atoms with Crippen LogP contribution in [0, 0.1) is 6.92 Å². The van der Waals surface area contributed by atoms with Gasteiger partial charge in [0.05, 0.1) is 6.20 Å². The average molecular weight is 260 g/mol. The zero-order valence-electron chi connectivity index (χ0n) is 10.3. The maximum atomic E-state index is 5.23. The molecule has 4 heteroatoms. The summed E-state index contributed by atoms with van der Waals surface area (Å²) in [6.45, 7) is 3.13. The lowest BCUT2D eigenvalue weighted by Gasteiger charge is -2.08. The third-order valence-corrected chi connectivity index (χ3v) is 3.95. The number of benzene rings is 1. The Kier molecular flexibility index (Phi) is 3.39. The summed E-state index contributed by atoms with van der Waals surface area (Å²) in [7, 11) is 0. The van der Waals surface area contributed by atoms with Crippen LogP contribution in [0.25, 0.3) is 0 Å². The van der Waals surface area contributed by atoms with E-state index in [-0.39, 0.29) is 0 Å². The number of nitrogens with zero attached hydrogens (tertiary/aromatic N) is 1. The molecule has 1 aromatic heterocycles. The summed E-state index contributed by atoms with van der Waals surface area (Å²) in [5.74, 6) is 0. The molecule has 0 saturated heterocycles. The second-order valence-corrected chi connectivity index (χ2v) is 5.67. The van der Waals surface area contributed by atoms with Crippen molar-refractivity contribution in [3.63, 3.8) is 0 Å². The van der Waals surface area contributed by atoms with Gasteiger partial charge in [-0.2, -0.15) is 0 Å². The van der Waals surface area contributed by atoms with Gasteiger partial charge in [-0.05, 0) is 54.8 Å². The van der Waals surface area contributed by atoms with E-state index < -0.39 is 0 Å². The molecule has 1 fully saturated rings. The molecule has 0 spiro atoms. The van der Waals surface area contributed by atoms with E-state index in [4.69, 9.17) is 4.42 Å². The molecule has 0 atom stereocenters. The summed E-state index contributed by atoms with van der Waals surface area (Å²) in [4.78, 5) is 5.29. The minimum absolute atomic E-state index is 0.693. The fraction of sp³-hybridized carbons (Fsp3) is 0.357. The molecule has 1 aromatic carbocycles. The second-order valence-electron chi connectivity index (χ2n) is 4.64. The Hall–Kier alpha value is -1.26. The largest absolute Gasteiger partial charge is 0.440 e. The second kappa shape index (κ2) is 5.16. The fourth-order valence-electron chi connectivity index (χ4n) is 1.83. The number of hydrogen-bond acceptors (Lipinski definition) is 4. The zero-order chi connectivity index (χ0) is 12.4. The molecule has 1 aliphatic carbocycles. The Morgan fingerprint density at radius 1 is 1.44 bits per heavy atom. The molecule has 94 valence electrons. The van der Waals surface area contributed by atoms with Gasteiger partial charge in [0, 0.05) is 17.5 Å². The molecule has 18 heavy (non-hydrogen) atoms. The molecule has 1 aliphatic rings. The standard InChI is InChI=1S/C14H16N2OS/c1-10-8-13(18-14-15-6-7-17-14)5-2-11(10)9-16-12-3-4-12/h2,5-8,12,16H,3-4,9H2,1H3. The molecular formula is C14H16N2OS. The Balaban J connectivity index is 1.67. The van der Waals surface area contributed by atoms with Crippen molar-refractivity contribution >= 4 is 11.8 Å². The third kappa shape index (κ3) is 2.94. The summed E-state index contributed by atoms with van der Waals surface area (Å²) in [5.41, 5.74) is 2.69. The van der Waals surface area contributed by atoms with E-state index in [9.17, 15) is 0 Å². The van der Waals surface area contributed by atoms with Gasteiger partial charge >= 0.3 is 0 Å². The fourth-order valence-corrected chi connectivity index (χ4v) is 2.62. The van der Waals surface area contributed by atoms with Crippen LogP contribution in [0.5, 0.6) is 0 Å². The van der Waals surface area contributed by atoms with Crippen molar-refractivity contribution in [1.82, 2.24) is 10.3 Å². The van der Waals surface area contributed by atoms with Crippen molar-refractivity contribution in [1.29, 1.82) is 0 Å². The normalized spacial score (nSPS) is 14.9. The van der Waals surface area contributed by atoms with E-state index in [1.165, 1.54) is 28.9 Å². The summed E-state index contributed by atoms with van der Waals surface area (Å²) >= 11 is 1.56. The van der Waals surface area contributed by atoms with Crippen LogP contribution in [-0.2, 0) is 6.54 Å². The van der Waals surface area contributed by atoms with E-state index in [1.807, 2.05) is 0 Å². The van der Waals surface area contributed by atoms with Gasteiger partial charge in [0.15, 0.2) is 0 Å². The first-order valence-corrected chi connectivity index (χ1v) is 7.03. The Morgan fingerprint density at radius 3 is 3.00 bits per heavy atom. The molecule has 1 N–H and O–H groups in total. The molecule has 1 saturated carbocycles. The number of hydrogen-bond donors (Lipinski definition) is 1. The molecule has 3 nitrogen and oxygen atoms in total. The minimum Gasteiger partial charge on any atom is -0.440 e. The highest BCUT2D eigenvalue weighted by Crippen LogP contribution is 2.28. The predicted molar refractivity (Wildman–Crippen MR) is 71.7 cm³/mol. The van der Waals surface area contributed by atoms with Crippen LogP contribution in [-0.4, -0.2) is 11.0 Å². The quantitative estimate of drug-likeness (QED) is 0.894. The number of aromatic nitrogens is 1. The minimum atomic E-state index is 0.693. The Labute approximate surface area is 111 Å². The van der Waals surface area contributed by atoms with E-state index in [0.717, 1.165) is 12.6 Å². The Morgan fingerprint density at radius 2 is 2.33 bits per heavy atom. The van der Waals surface area contributed by atoms with Crippen molar-refractivity contribution in [3.8, 4) is 0 Å². The Bertz CT molecular complexity index is 521.